The minimum atomic E-state index is -0.988. The topological polar surface area (TPSA) is 96.3 Å². The van der Waals surface area contributed by atoms with Crippen LogP contribution in [0.15, 0.2) is 15.8 Å². The second kappa shape index (κ2) is 4.67. The zero-order chi connectivity index (χ0) is 14.1. The van der Waals surface area contributed by atoms with Gasteiger partial charge in [0.25, 0.3) is 5.56 Å². The van der Waals surface area contributed by atoms with Crippen molar-refractivity contribution < 1.29 is 9.53 Å². The Bertz CT molecular complexity index is 549. The van der Waals surface area contributed by atoms with Crippen LogP contribution in [0.1, 0.15) is 13.8 Å². The van der Waals surface area contributed by atoms with E-state index in [0.29, 0.717) is 0 Å². The summed E-state index contributed by atoms with van der Waals surface area (Å²) in [5.41, 5.74) is 3.35. The molecule has 0 fully saturated rings. The molecule has 0 aliphatic carbocycles. The van der Waals surface area contributed by atoms with Crippen LogP contribution in [-0.4, -0.2) is 22.2 Å². The molecule has 18 heavy (non-hydrogen) atoms. The third-order valence-electron chi connectivity index (χ3n) is 2.65. The van der Waals surface area contributed by atoms with Gasteiger partial charge in [0.1, 0.15) is 5.69 Å². The van der Waals surface area contributed by atoms with Gasteiger partial charge in [0.05, 0.1) is 12.5 Å². The smallest absolute Gasteiger partial charge is 0.330 e. The standard InChI is InChI=1S/C11H17N3O4/c1-11(2,9(16)18-4)6-14-8(15)7(12)5-13(3)10(14)17/h5H,6,12H2,1-4H3. The molecule has 100 valence electrons. The molecular weight excluding hydrogens is 238 g/mol. The first-order valence-corrected chi connectivity index (χ1v) is 5.35. The Morgan fingerprint density at radius 2 is 2.00 bits per heavy atom. The summed E-state index contributed by atoms with van der Waals surface area (Å²) in [6, 6.07) is 0. The molecule has 0 aliphatic heterocycles. The molecular formula is C11H17N3O4. The van der Waals surface area contributed by atoms with Crippen LogP contribution in [0.4, 0.5) is 5.69 Å². The molecule has 1 aromatic rings. The maximum Gasteiger partial charge on any atom is 0.330 e. The maximum atomic E-state index is 11.8. The van der Waals surface area contributed by atoms with Crippen LogP contribution in [0.2, 0.25) is 0 Å². The van der Waals surface area contributed by atoms with Gasteiger partial charge in [0.15, 0.2) is 0 Å². The highest BCUT2D eigenvalue weighted by molar-refractivity contribution is 5.75. The molecule has 0 aliphatic rings. The summed E-state index contributed by atoms with van der Waals surface area (Å²) in [7, 11) is 2.74. The monoisotopic (exact) mass is 255 g/mol. The van der Waals surface area contributed by atoms with Crippen LogP contribution < -0.4 is 17.0 Å². The predicted octanol–water partition coefficient (Wildman–Crippen LogP) is -0.672. The lowest BCUT2D eigenvalue weighted by molar-refractivity contribution is -0.151. The van der Waals surface area contributed by atoms with E-state index in [1.807, 2.05) is 0 Å². The van der Waals surface area contributed by atoms with E-state index in [9.17, 15) is 14.4 Å². The predicted molar refractivity (Wildman–Crippen MR) is 66.2 cm³/mol. The van der Waals surface area contributed by atoms with Gasteiger partial charge < -0.3 is 15.0 Å². The van der Waals surface area contributed by atoms with Crippen molar-refractivity contribution in [1.82, 2.24) is 9.13 Å². The van der Waals surface area contributed by atoms with E-state index in [1.165, 1.54) is 24.9 Å². The van der Waals surface area contributed by atoms with E-state index in [1.54, 1.807) is 13.8 Å². The highest BCUT2D eigenvalue weighted by atomic mass is 16.5. The number of hydrogen-bond donors (Lipinski definition) is 1. The molecule has 0 atom stereocenters. The molecule has 0 aromatic carbocycles. The van der Waals surface area contributed by atoms with Gasteiger partial charge in [-0.1, -0.05) is 0 Å². The number of aromatic nitrogens is 2. The number of hydrogen-bond acceptors (Lipinski definition) is 5. The van der Waals surface area contributed by atoms with Gasteiger partial charge in [0, 0.05) is 19.8 Å². The normalized spacial score (nSPS) is 11.3. The lowest BCUT2D eigenvalue weighted by Crippen LogP contribution is -2.44. The van der Waals surface area contributed by atoms with Crippen molar-refractivity contribution in [2.45, 2.75) is 20.4 Å². The molecule has 7 nitrogen and oxygen atoms in total. The van der Waals surface area contributed by atoms with E-state index >= 15 is 0 Å². The van der Waals surface area contributed by atoms with Crippen LogP contribution in [0.3, 0.4) is 0 Å². The highest BCUT2D eigenvalue weighted by Gasteiger charge is 2.30. The number of rotatable bonds is 3. The summed E-state index contributed by atoms with van der Waals surface area (Å²) in [4.78, 5) is 35.2. The second-order valence-electron chi connectivity index (χ2n) is 4.74. The fraction of sp³-hybridized carbons (Fsp3) is 0.545. The minimum absolute atomic E-state index is 0.0437. The molecule has 0 bridgehead atoms. The van der Waals surface area contributed by atoms with Crippen molar-refractivity contribution in [3.05, 3.63) is 27.0 Å². The van der Waals surface area contributed by atoms with Crippen molar-refractivity contribution >= 4 is 11.7 Å². The zero-order valence-electron chi connectivity index (χ0n) is 10.9. The van der Waals surface area contributed by atoms with E-state index in [4.69, 9.17) is 5.73 Å². The number of nitrogen functional groups attached to an aromatic ring is 1. The van der Waals surface area contributed by atoms with Crippen LogP contribution in [0.25, 0.3) is 0 Å². The van der Waals surface area contributed by atoms with E-state index < -0.39 is 22.6 Å². The summed E-state index contributed by atoms with van der Waals surface area (Å²) in [5, 5.41) is 0. The van der Waals surface area contributed by atoms with Gasteiger partial charge in [-0.05, 0) is 13.8 Å². The van der Waals surface area contributed by atoms with Crippen LogP contribution in [-0.2, 0) is 23.1 Å². The van der Waals surface area contributed by atoms with Crippen LogP contribution in [0, 0.1) is 5.41 Å². The van der Waals surface area contributed by atoms with Crippen molar-refractivity contribution in [2.75, 3.05) is 12.8 Å². The zero-order valence-corrected chi connectivity index (χ0v) is 10.9. The highest BCUT2D eigenvalue weighted by Crippen LogP contribution is 2.18. The van der Waals surface area contributed by atoms with Gasteiger partial charge in [-0.25, -0.2) is 4.79 Å². The number of ether oxygens (including phenoxy) is 1. The van der Waals surface area contributed by atoms with Gasteiger partial charge in [-0.3, -0.25) is 14.2 Å². The van der Waals surface area contributed by atoms with E-state index in [2.05, 4.69) is 4.74 Å². The Kier molecular flexibility index (Phi) is 3.64. The Morgan fingerprint density at radius 3 is 2.50 bits per heavy atom. The van der Waals surface area contributed by atoms with Gasteiger partial charge in [-0.15, -0.1) is 0 Å². The first-order chi connectivity index (χ1) is 8.20. The van der Waals surface area contributed by atoms with Gasteiger partial charge in [-0.2, -0.15) is 0 Å². The third kappa shape index (κ3) is 2.44. The number of nitrogens with zero attached hydrogens (tertiary/aromatic N) is 2. The van der Waals surface area contributed by atoms with E-state index in [0.717, 1.165) is 4.57 Å². The van der Waals surface area contributed by atoms with Gasteiger partial charge >= 0.3 is 11.7 Å². The SMILES string of the molecule is COC(=O)C(C)(C)Cn1c(=O)c(N)cn(C)c1=O. The molecule has 0 unspecified atom stereocenters. The van der Waals surface area contributed by atoms with E-state index in [-0.39, 0.29) is 12.2 Å². The fourth-order valence-electron chi connectivity index (χ4n) is 1.63. The van der Waals surface area contributed by atoms with Crippen LogP contribution in [0.5, 0.6) is 0 Å². The number of nitrogens with two attached hydrogens (primary N) is 1. The lowest BCUT2D eigenvalue weighted by Gasteiger charge is -2.22. The van der Waals surface area contributed by atoms with Crippen LogP contribution >= 0.6 is 0 Å². The molecule has 7 heteroatoms. The summed E-state index contributed by atoms with van der Waals surface area (Å²) >= 11 is 0. The third-order valence-corrected chi connectivity index (χ3v) is 2.65. The second-order valence-corrected chi connectivity index (χ2v) is 4.74. The lowest BCUT2D eigenvalue weighted by atomic mass is 9.93. The first-order valence-electron chi connectivity index (χ1n) is 5.35. The maximum absolute atomic E-state index is 11.8. The molecule has 2 N–H and O–H groups in total. The largest absolute Gasteiger partial charge is 0.469 e. The summed E-state index contributed by atoms with van der Waals surface area (Å²) in [6.07, 6.45) is 1.26. The quantitative estimate of drug-likeness (QED) is 0.722. The Balaban J connectivity index is 3.33. The number of anilines is 1. The average molecular weight is 255 g/mol. The van der Waals surface area contributed by atoms with Crippen molar-refractivity contribution in [3.8, 4) is 0 Å². The molecule has 1 heterocycles. The van der Waals surface area contributed by atoms with Crippen molar-refractivity contribution in [3.63, 3.8) is 0 Å². The fourth-order valence-corrected chi connectivity index (χ4v) is 1.63. The number of methoxy groups -OCH3 is 1. The first kappa shape index (κ1) is 14.0. The minimum Gasteiger partial charge on any atom is -0.469 e. The Hall–Kier alpha value is -2.05. The number of carbonyl (C=O) groups is 1. The van der Waals surface area contributed by atoms with Gasteiger partial charge in [0.2, 0.25) is 0 Å². The summed E-state index contributed by atoms with van der Waals surface area (Å²) in [5.74, 6) is -0.501. The van der Waals surface area contributed by atoms with Crippen molar-refractivity contribution in [1.29, 1.82) is 0 Å². The molecule has 0 spiro atoms. The average Bonchev–Trinajstić information content (AvgIpc) is 2.31. The molecule has 0 radical (unpaired) electrons. The molecule has 0 saturated carbocycles. The Labute approximate surface area is 104 Å². The molecule has 0 saturated heterocycles. The molecule has 0 amide bonds. The number of carbonyl (C=O) groups excluding carboxylic acids is 1. The Morgan fingerprint density at radius 1 is 1.44 bits per heavy atom. The molecule has 1 aromatic heterocycles. The summed E-state index contributed by atoms with van der Waals surface area (Å²) in [6.45, 7) is 3.10. The number of esters is 1. The number of aryl methyl sites for hydroxylation is 1. The van der Waals surface area contributed by atoms with Crippen molar-refractivity contribution in [2.24, 2.45) is 12.5 Å². The summed E-state index contributed by atoms with van der Waals surface area (Å²) < 4.78 is 6.77. The molecule has 1 rings (SSSR count).